The van der Waals surface area contributed by atoms with Crippen LogP contribution in [0, 0.1) is 5.82 Å². The average molecular weight is 380 g/mol. The van der Waals surface area contributed by atoms with E-state index in [-0.39, 0.29) is 15.5 Å². The van der Waals surface area contributed by atoms with Crippen LogP contribution in [-0.2, 0) is 14.8 Å². The van der Waals surface area contributed by atoms with Crippen molar-refractivity contribution < 1.29 is 17.5 Å². The summed E-state index contributed by atoms with van der Waals surface area (Å²) in [6.45, 7) is 3.43. The average Bonchev–Trinajstić information content (AvgIpc) is 2.48. The second-order valence-corrected chi connectivity index (χ2v) is 7.87. The number of hydrogen-bond acceptors (Lipinski definition) is 3. The first-order valence-electron chi connectivity index (χ1n) is 7.02. The molecule has 1 aliphatic heterocycles. The van der Waals surface area contributed by atoms with E-state index in [2.05, 4.69) is 15.9 Å². The smallest absolute Gasteiger partial charge is 0.243 e. The van der Waals surface area contributed by atoms with Crippen LogP contribution >= 0.6 is 15.9 Å². The number of nitrogens with zero attached hydrogens (tertiary/aromatic N) is 1. The Hall–Kier alpha value is -0.500. The third-order valence-corrected chi connectivity index (χ3v) is 5.93. The molecular weight excluding hydrogens is 361 g/mol. The number of halogens is 2. The SMILES string of the molecule is CCCOC1CCCN(S(=O)(=O)c2ccc(Br)c(F)c2)C1. The van der Waals surface area contributed by atoms with Gasteiger partial charge in [0.05, 0.1) is 15.5 Å². The van der Waals surface area contributed by atoms with Crippen molar-refractivity contribution in [3.63, 3.8) is 0 Å². The molecule has 1 fully saturated rings. The van der Waals surface area contributed by atoms with Gasteiger partial charge in [-0.05, 0) is 53.4 Å². The molecule has 0 N–H and O–H groups in total. The van der Waals surface area contributed by atoms with Gasteiger partial charge in [-0.1, -0.05) is 6.92 Å². The van der Waals surface area contributed by atoms with E-state index in [0.29, 0.717) is 19.7 Å². The second kappa shape index (κ2) is 7.17. The van der Waals surface area contributed by atoms with E-state index in [1.54, 1.807) is 0 Å². The van der Waals surface area contributed by atoms with Gasteiger partial charge in [0, 0.05) is 19.7 Å². The lowest BCUT2D eigenvalue weighted by atomic mass is 10.1. The minimum Gasteiger partial charge on any atom is -0.377 e. The Kier molecular flexibility index (Phi) is 5.76. The van der Waals surface area contributed by atoms with Gasteiger partial charge < -0.3 is 4.74 Å². The molecule has 0 aliphatic carbocycles. The summed E-state index contributed by atoms with van der Waals surface area (Å²) in [4.78, 5) is -0.0145. The van der Waals surface area contributed by atoms with Crippen LogP contribution in [0.2, 0.25) is 0 Å². The summed E-state index contributed by atoms with van der Waals surface area (Å²) in [5, 5.41) is 0. The maximum atomic E-state index is 13.6. The van der Waals surface area contributed by atoms with Gasteiger partial charge in [0.25, 0.3) is 0 Å². The third kappa shape index (κ3) is 4.03. The van der Waals surface area contributed by atoms with Crippen LogP contribution in [0.15, 0.2) is 27.6 Å². The summed E-state index contributed by atoms with van der Waals surface area (Å²) in [5.41, 5.74) is 0. The van der Waals surface area contributed by atoms with Crippen molar-refractivity contribution in [3.05, 3.63) is 28.5 Å². The van der Waals surface area contributed by atoms with E-state index in [0.717, 1.165) is 25.3 Å². The minimum absolute atomic E-state index is 0.0145. The Labute approximate surface area is 133 Å². The Morgan fingerprint density at radius 1 is 1.48 bits per heavy atom. The molecule has 0 amide bonds. The molecule has 1 saturated heterocycles. The zero-order valence-corrected chi connectivity index (χ0v) is 14.3. The zero-order valence-electron chi connectivity index (χ0n) is 11.9. The van der Waals surface area contributed by atoms with Gasteiger partial charge in [-0.2, -0.15) is 4.31 Å². The predicted molar refractivity (Wildman–Crippen MR) is 82.1 cm³/mol. The van der Waals surface area contributed by atoms with Crippen molar-refractivity contribution in [2.45, 2.75) is 37.2 Å². The molecule has 1 heterocycles. The Balaban J connectivity index is 2.16. The van der Waals surface area contributed by atoms with E-state index < -0.39 is 15.8 Å². The van der Waals surface area contributed by atoms with Gasteiger partial charge in [-0.25, -0.2) is 12.8 Å². The Bertz CT molecular complexity index is 594. The molecule has 0 bridgehead atoms. The molecule has 1 aromatic carbocycles. The largest absolute Gasteiger partial charge is 0.377 e. The quantitative estimate of drug-likeness (QED) is 0.789. The van der Waals surface area contributed by atoms with E-state index in [1.165, 1.54) is 16.4 Å². The Morgan fingerprint density at radius 2 is 2.24 bits per heavy atom. The summed E-state index contributed by atoms with van der Waals surface area (Å²) in [6, 6.07) is 3.88. The second-order valence-electron chi connectivity index (χ2n) is 5.07. The van der Waals surface area contributed by atoms with Crippen LogP contribution in [0.3, 0.4) is 0 Å². The highest BCUT2D eigenvalue weighted by Crippen LogP contribution is 2.25. The van der Waals surface area contributed by atoms with Gasteiger partial charge in [-0.15, -0.1) is 0 Å². The van der Waals surface area contributed by atoms with Crippen LogP contribution in [0.1, 0.15) is 26.2 Å². The van der Waals surface area contributed by atoms with Crippen molar-refractivity contribution in [2.24, 2.45) is 0 Å². The van der Waals surface area contributed by atoms with Gasteiger partial charge >= 0.3 is 0 Å². The van der Waals surface area contributed by atoms with Gasteiger partial charge in [0.15, 0.2) is 0 Å². The molecule has 4 nitrogen and oxygen atoms in total. The number of ether oxygens (including phenoxy) is 1. The number of sulfonamides is 1. The molecule has 118 valence electrons. The highest BCUT2D eigenvalue weighted by molar-refractivity contribution is 9.10. The maximum Gasteiger partial charge on any atom is 0.243 e. The predicted octanol–water partition coefficient (Wildman–Crippen LogP) is 3.17. The highest BCUT2D eigenvalue weighted by atomic mass is 79.9. The van der Waals surface area contributed by atoms with Crippen LogP contribution in [0.4, 0.5) is 4.39 Å². The molecule has 1 aliphatic rings. The highest BCUT2D eigenvalue weighted by Gasteiger charge is 2.30. The molecule has 2 rings (SSSR count). The van der Waals surface area contributed by atoms with E-state index in [4.69, 9.17) is 4.74 Å². The molecule has 21 heavy (non-hydrogen) atoms. The molecule has 7 heteroatoms. The summed E-state index contributed by atoms with van der Waals surface area (Å²) in [6.07, 6.45) is 2.45. The minimum atomic E-state index is -3.67. The molecular formula is C14H19BrFNO3S. The van der Waals surface area contributed by atoms with Crippen molar-refractivity contribution in [2.75, 3.05) is 19.7 Å². The molecule has 0 spiro atoms. The summed E-state index contributed by atoms with van der Waals surface area (Å²) >= 11 is 3.03. The van der Waals surface area contributed by atoms with E-state index in [1.807, 2.05) is 6.92 Å². The number of hydrogen-bond donors (Lipinski definition) is 0. The fourth-order valence-electron chi connectivity index (χ4n) is 2.33. The van der Waals surface area contributed by atoms with Crippen molar-refractivity contribution in [1.29, 1.82) is 0 Å². The molecule has 1 atom stereocenters. The van der Waals surface area contributed by atoms with Crippen molar-refractivity contribution >= 4 is 26.0 Å². The normalized spacial score (nSPS) is 20.6. The lowest BCUT2D eigenvalue weighted by molar-refractivity contribution is 0.0193. The first-order chi connectivity index (χ1) is 9.95. The first-order valence-corrected chi connectivity index (χ1v) is 9.25. The molecule has 0 saturated carbocycles. The standard InChI is InChI=1S/C14H19BrFNO3S/c1-2-8-20-11-4-3-7-17(10-11)21(18,19)12-5-6-13(15)14(16)9-12/h5-6,9,11H,2-4,7-8,10H2,1H3. The Morgan fingerprint density at radius 3 is 2.90 bits per heavy atom. The summed E-state index contributed by atoms with van der Waals surface area (Å²) in [7, 11) is -3.67. The van der Waals surface area contributed by atoms with Gasteiger partial charge in [0.2, 0.25) is 10.0 Å². The van der Waals surface area contributed by atoms with Crippen LogP contribution in [0.5, 0.6) is 0 Å². The zero-order chi connectivity index (χ0) is 15.5. The third-order valence-electron chi connectivity index (χ3n) is 3.43. The first kappa shape index (κ1) is 16.9. The number of rotatable bonds is 5. The molecule has 0 radical (unpaired) electrons. The summed E-state index contributed by atoms with van der Waals surface area (Å²) in [5.74, 6) is -0.577. The topological polar surface area (TPSA) is 46.6 Å². The number of benzene rings is 1. The molecule has 1 aromatic rings. The van der Waals surface area contributed by atoms with Gasteiger partial charge in [0.1, 0.15) is 5.82 Å². The fraction of sp³-hybridized carbons (Fsp3) is 0.571. The maximum absolute atomic E-state index is 13.6. The monoisotopic (exact) mass is 379 g/mol. The molecule has 0 aromatic heterocycles. The molecule has 1 unspecified atom stereocenters. The van der Waals surface area contributed by atoms with Crippen molar-refractivity contribution in [1.82, 2.24) is 4.31 Å². The fourth-order valence-corrected chi connectivity index (χ4v) is 4.10. The van der Waals surface area contributed by atoms with Crippen LogP contribution in [0.25, 0.3) is 0 Å². The number of piperidine rings is 1. The lowest BCUT2D eigenvalue weighted by Gasteiger charge is -2.31. The van der Waals surface area contributed by atoms with E-state index >= 15 is 0 Å². The lowest BCUT2D eigenvalue weighted by Crippen LogP contribution is -2.43. The van der Waals surface area contributed by atoms with E-state index in [9.17, 15) is 12.8 Å². The van der Waals surface area contributed by atoms with Gasteiger partial charge in [-0.3, -0.25) is 0 Å². The van der Waals surface area contributed by atoms with Crippen LogP contribution < -0.4 is 0 Å². The van der Waals surface area contributed by atoms with Crippen molar-refractivity contribution in [3.8, 4) is 0 Å². The van der Waals surface area contributed by atoms with Crippen LogP contribution in [-0.4, -0.2) is 38.5 Å². The summed E-state index contributed by atoms with van der Waals surface area (Å²) < 4.78 is 46.0.